The molecule has 2 saturated carbocycles. The van der Waals surface area contributed by atoms with Crippen molar-refractivity contribution in [3.8, 4) is 0 Å². The molecule has 0 unspecified atom stereocenters. The average molecular weight is 236 g/mol. The molecule has 0 amide bonds. The van der Waals surface area contributed by atoms with E-state index in [2.05, 4.69) is 27.7 Å². The molecule has 1 saturated heterocycles. The molecule has 2 aliphatic carbocycles. The molecule has 1 heteroatoms. The fourth-order valence-corrected chi connectivity index (χ4v) is 5.82. The highest BCUT2D eigenvalue weighted by atomic mass is 16.5. The summed E-state index contributed by atoms with van der Waals surface area (Å²) >= 11 is 0. The molecular weight excluding hydrogens is 208 g/mol. The Hall–Kier alpha value is -0.0400. The van der Waals surface area contributed by atoms with Crippen LogP contribution in [0.1, 0.15) is 66.2 Å². The molecule has 0 aromatic rings. The zero-order valence-electron chi connectivity index (χ0n) is 12.0. The number of fused-ring (bicyclic) bond motifs is 3. The Balaban J connectivity index is 1.98. The highest BCUT2D eigenvalue weighted by Gasteiger charge is 2.60. The number of hydrogen-bond acceptors (Lipinski definition) is 1. The Morgan fingerprint density at radius 2 is 1.65 bits per heavy atom. The first kappa shape index (κ1) is 12.0. The summed E-state index contributed by atoms with van der Waals surface area (Å²) in [5, 5.41) is 0. The van der Waals surface area contributed by atoms with Gasteiger partial charge in [0.25, 0.3) is 0 Å². The van der Waals surface area contributed by atoms with E-state index in [4.69, 9.17) is 4.74 Å². The van der Waals surface area contributed by atoms with Crippen LogP contribution in [-0.2, 0) is 4.74 Å². The first-order valence-electron chi connectivity index (χ1n) is 7.52. The van der Waals surface area contributed by atoms with Crippen LogP contribution in [0.15, 0.2) is 0 Å². The van der Waals surface area contributed by atoms with E-state index >= 15 is 0 Å². The largest absolute Gasteiger partial charge is 0.375 e. The normalized spacial score (nSPS) is 52.9. The monoisotopic (exact) mass is 236 g/mol. The molecule has 98 valence electrons. The van der Waals surface area contributed by atoms with Crippen LogP contribution in [0.5, 0.6) is 0 Å². The molecule has 0 bridgehead atoms. The number of rotatable bonds is 0. The molecule has 1 heterocycles. The van der Waals surface area contributed by atoms with Gasteiger partial charge < -0.3 is 4.74 Å². The maximum Gasteiger partial charge on any atom is 0.0688 e. The van der Waals surface area contributed by atoms with Gasteiger partial charge in [-0.15, -0.1) is 0 Å². The van der Waals surface area contributed by atoms with Gasteiger partial charge in [-0.3, -0.25) is 0 Å². The molecule has 0 spiro atoms. The Bertz CT molecular complexity index is 317. The Kier molecular flexibility index (Phi) is 2.47. The molecule has 3 fully saturated rings. The van der Waals surface area contributed by atoms with E-state index < -0.39 is 0 Å². The van der Waals surface area contributed by atoms with E-state index in [1.165, 1.54) is 38.5 Å². The van der Waals surface area contributed by atoms with Gasteiger partial charge in [0.2, 0.25) is 0 Å². The smallest absolute Gasteiger partial charge is 0.0688 e. The van der Waals surface area contributed by atoms with Gasteiger partial charge in [0.05, 0.1) is 5.60 Å². The lowest BCUT2D eigenvalue weighted by atomic mass is 9.46. The zero-order valence-corrected chi connectivity index (χ0v) is 12.0. The average Bonchev–Trinajstić information content (AvgIpc) is 2.60. The number of hydrogen-bond donors (Lipinski definition) is 0. The van der Waals surface area contributed by atoms with Gasteiger partial charge in [0.1, 0.15) is 0 Å². The van der Waals surface area contributed by atoms with Gasteiger partial charge in [0, 0.05) is 6.61 Å². The predicted molar refractivity (Wildman–Crippen MR) is 70.9 cm³/mol. The Labute approximate surface area is 106 Å². The molecule has 17 heavy (non-hydrogen) atoms. The van der Waals surface area contributed by atoms with E-state index in [1.807, 2.05) is 0 Å². The van der Waals surface area contributed by atoms with Crippen molar-refractivity contribution in [3.05, 3.63) is 0 Å². The van der Waals surface area contributed by atoms with Crippen molar-refractivity contribution < 1.29 is 4.74 Å². The van der Waals surface area contributed by atoms with Crippen molar-refractivity contribution in [1.29, 1.82) is 0 Å². The minimum absolute atomic E-state index is 0.207. The topological polar surface area (TPSA) is 9.23 Å². The van der Waals surface area contributed by atoms with Gasteiger partial charge in [-0.05, 0) is 61.7 Å². The van der Waals surface area contributed by atoms with Crippen LogP contribution in [0.3, 0.4) is 0 Å². The summed E-state index contributed by atoms with van der Waals surface area (Å²) in [6, 6.07) is 0. The highest BCUT2D eigenvalue weighted by molar-refractivity contribution is 5.09. The van der Waals surface area contributed by atoms with Crippen molar-refractivity contribution in [3.63, 3.8) is 0 Å². The molecule has 0 aromatic carbocycles. The van der Waals surface area contributed by atoms with E-state index in [0.29, 0.717) is 10.8 Å². The van der Waals surface area contributed by atoms with Crippen molar-refractivity contribution in [2.45, 2.75) is 71.8 Å². The van der Waals surface area contributed by atoms with Crippen LogP contribution in [0.2, 0.25) is 0 Å². The molecule has 0 radical (unpaired) electrons. The van der Waals surface area contributed by atoms with Gasteiger partial charge in [-0.2, -0.15) is 0 Å². The third-order valence-corrected chi connectivity index (χ3v) is 6.58. The second-order valence-corrected chi connectivity index (χ2v) is 7.94. The molecule has 0 N–H and O–H groups in total. The van der Waals surface area contributed by atoms with E-state index in [-0.39, 0.29) is 5.60 Å². The summed E-state index contributed by atoms with van der Waals surface area (Å²) in [6.45, 7) is 11.0. The molecule has 1 aliphatic heterocycles. The van der Waals surface area contributed by atoms with Gasteiger partial charge in [-0.1, -0.05) is 27.2 Å². The maximum absolute atomic E-state index is 6.13. The quantitative estimate of drug-likeness (QED) is 0.605. The summed E-state index contributed by atoms with van der Waals surface area (Å²) < 4.78 is 6.13. The van der Waals surface area contributed by atoms with Gasteiger partial charge >= 0.3 is 0 Å². The van der Waals surface area contributed by atoms with Crippen molar-refractivity contribution in [2.75, 3.05) is 6.61 Å². The van der Waals surface area contributed by atoms with E-state index in [0.717, 1.165) is 18.4 Å². The van der Waals surface area contributed by atoms with Crippen molar-refractivity contribution in [2.24, 2.45) is 22.7 Å². The number of ether oxygens (including phenoxy) is 1. The van der Waals surface area contributed by atoms with Crippen LogP contribution >= 0.6 is 0 Å². The second kappa shape index (κ2) is 3.50. The Morgan fingerprint density at radius 1 is 0.882 bits per heavy atom. The molecule has 3 aliphatic rings. The first-order chi connectivity index (χ1) is 7.89. The lowest BCUT2D eigenvalue weighted by molar-refractivity contribution is -0.147. The minimum Gasteiger partial charge on any atom is -0.375 e. The summed E-state index contributed by atoms with van der Waals surface area (Å²) in [6.07, 6.45) is 8.27. The van der Waals surface area contributed by atoms with Crippen LogP contribution in [0, 0.1) is 22.7 Å². The lowest BCUT2D eigenvalue weighted by Gasteiger charge is -2.60. The van der Waals surface area contributed by atoms with Crippen LogP contribution in [0.4, 0.5) is 0 Å². The lowest BCUT2D eigenvalue weighted by Crippen LogP contribution is -2.55. The minimum atomic E-state index is 0.207. The molecule has 3 rings (SSSR count). The SMILES string of the molecule is CC1(C)CCC[C@]2(C)[C@@H]1CC[C@@]1(C)OCC[C@@H]21. The zero-order chi connectivity index (χ0) is 12.3. The molecule has 0 aromatic heterocycles. The molecular formula is C16H28O. The van der Waals surface area contributed by atoms with Gasteiger partial charge in [-0.25, -0.2) is 0 Å². The first-order valence-corrected chi connectivity index (χ1v) is 7.52. The summed E-state index contributed by atoms with van der Waals surface area (Å²) in [7, 11) is 0. The van der Waals surface area contributed by atoms with Crippen molar-refractivity contribution >= 4 is 0 Å². The summed E-state index contributed by atoms with van der Waals surface area (Å²) in [4.78, 5) is 0. The molecule has 4 atom stereocenters. The van der Waals surface area contributed by atoms with Gasteiger partial charge in [0.15, 0.2) is 0 Å². The van der Waals surface area contributed by atoms with E-state index in [9.17, 15) is 0 Å². The van der Waals surface area contributed by atoms with Crippen LogP contribution in [-0.4, -0.2) is 12.2 Å². The summed E-state index contributed by atoms with van der Waals surface area (Å²) in [5.74, 6) is 1.73. The summed E-state index contributed by atoms with van der Waals surface area (Å²) in [5.41, 5.74) is 1.31. The standard InChI is InChI=1S/C16H28O/c1-14(2)8-5-9-15(3)12(14)6-10-16(4)13(15)7-11-17-16/h12-13H,5-11H2,1-4H3/t12-,13+,15-,16-/m1/s1. The second-order valence-electron chi connectivity index (χ2n) is 7.94. The highest BCUT2D eigenvalue weighted by Crippen LogP contribution is 2.64. The molecule has 1 nitrogen and oxygen atoms in total. The van der Waals surface area contributed by atoms with Crippen LogP contribution < -0.4 is 0 Å². The fraction of sp³-hybridized carbons (Fsp3) is 1.00. The predicted octanol–water partition coefficient (Wildman–Crippen LogP) is 4.41. The maximum atomic E-state index is 6.13. The third-order valence-electron chi connectivity index (χ3n) is 6.58. The Morgan fingerprint density at radius 3 is 2.41 bits per heavy atom. The third kappa shape index (κ3) is 1.54. The van der Waals surface area contributed by atoms with Crippen LogP contribution in [0.25, 0.3) is 0 Å². The van der Waals surface area contributed by atoms with Crippen molar-refractivity contribution in [1.82, 2.24) is 0 Å². The van der Waals surface area contributed by atoms with E-state index in [1.54, 1.807) is 0 Å². The fourth-order valence-electron chi connectivity index (χ4n) is 5.82.